The van der Waals surface area contributed by atoms with Crippen molar-refractivity contribution in [2.45, 2.75) is 51.6 Å². The smallest absolute Gasteiger partial charge is 0.308 e. The lowest BCUT2D eigenvalue weighted by molar-refractivity contribution is -0.148. The van der Waals surface area contributed by atoms with Crippen molar-refractivity contribution in [3.05, 3.63) is 20.8 Å². The number of likely N-dealkylation sites (tertiary alicyclic amines) is 1. The number of hydrogen-bond donors (Lipinski definition) is 1. The fraction of sp³-hybridized carbons (Fsp3) is 0.600. The lowest BCUT2D eigenvalue weighted by atomic mass is 9.91. The summed E-state index contributed by atoms with van der Waals surface area (Å²) < 4.78 is 0.951. The van der Waals surface area contributed by atoms with Crippen LogP contribution in [-0.4, -0.2) is 27.4 Å². The normalized spacial score (nSPS) is 24.0. The summed E-state index contributed by atoms with van der Waals surface area (Å²) >= 11 is 4.93. The van der Waals surface area contributed by atoms with Crippen LogP contribution in [0.5, 0.6) is 0 Å². The first kappa shape index (κ1) is 16.5. The number of amides is 1. The summed E-state index contributed by atoms with van der Waals surface area (Å²) in [6.45, 7) is 5.89. The van der Waals surface area contributed by atoms with E-state index in [4.69, 9.17) is 0 Å². The standard InChI is InChI=1S/C15H20BrNO3S/c1-15(2,3)17-12(18)6-4-5-9(14(19)20)13(17)10-7-8-11(16)21-10/h7-9,13H,4-6H2,1-3H3,(H,19,20). The number of carbonyl (C=O) groups excluding carboxylic acids is 1. The molecule has 1 amide bonds. The Kier molecular flexibility index (Phi) is 4.78. The lowest BCUT2D eigenvalue weighted by Crippen LogP contribution is -2.49. The summed E-state index contributed by atoms with van der Waals surface area (Å²) in [6, 6.07) is 3.44. The van der Waals surface area contributed by atoms with Gasteiger partial charge in [0.2, 0.25) is 5.91 Å². The zero-order valence-electron chi connectivity index (χ0n) is 12.4. The van der Waals surface area contributed by atoms with Gasteiger partial charge in [0.15, 0.2) is 0 Å². The van der Waals surface area contributed by atoms with Gasteiger partial charge in [0.1, 0.15) is 0 Å². The van der Waals surface area contributed by atoms with Crippen molar-refractivity contribution < 1.29 is 14.7 Å². The molecule has 0 spiro atoms. The maximum atomic E-state index is 12.5. The second kappa shape index (κ2) is 6.08. The Hall–Kier alpha value is -0.880. The second-order valence-corrected chi connectivity index (χ2v) is 8.85. The molecule has 1 aromatic rings. The van der Waals surface area contributed by atoms with Crippen molar-refractivity contribution in [3.63, 3.8) is 0 Å². The molecule has 1 N–H and O–H groups in total. The van der Waals surface area contributed by atoms with E-state index in [1.807, 2.05) is 32.9 Å². The minimum absolute atomic E-state index is 0.0424. The maximum Gasteiger partial charge on any atom is 0.308 e. The molecule has 21 heavy (non-hydrogen) atoms. The van der Waals surface area contributed by atoms with Crippen molar-refractivity contribution in [2.75, 3.05) is 0 Å². The van der Waals surface area contributed by atoms with Gasteiger partial charge in [-0.05, 0) is 61.7 Å². The third kappa shape index (κ3) is 3.48. The van der Waals surface area contributed by atoms with Crippen LogP contribution in [-0.2, 0) is 9.59 Å². The van der Waals surface area contributed by atoms with E-state index in [9.17, 15) is 14.7 Å². The first-order valence-corrected chi connectivity index (χ1v) is 8.63. The van der Waals surface area contributed by atoms with E-state index < -0.39 is 23.5 Å². The molecule has 4 nitrogen and oxygen atoms in total. The molecule has 6 heteroatoms. The highest BCUT2D eigenvalue weighted by molar-refractivity contribution is 9.11. The maximum absolute atomic E-state index is 12.5. The number of hydrogen-bond acceptors (Lipinski definition) is 3. The monoisotopic (exact) mass is 373 g/mol. The fourth-order valence-corrected chi connectivity index (χ4v) is 4.53. The Morgan fingerprint density at radius 3 is 2.57 bits per heavy atom. The minimum Gasteiger partial charge on any atom is -0.481 e. The molecule has 1 aromatic heterocycles. The van der Waals surface area contributed by atoms with Gasteiger partial charge in [-0.25, -0.2) is 0 Å². The molecule has 2 unspecified atom stereocenters. The molecule has 2 rings (SSSR count). The average Bonchev–Trinajstić information content (AvgIpc) is 2.67. The Morgan fingerprint density at radius 1 is 1.43 bits per heavy atom. The van der Waals surface area contributed by atoms with Gasteiger partial charge in [-0.15, -0.1) is 11.3 Å². The van der Waals surface area contributed by atoms with E-state index in [0.29, 0.717) is 19.3 Å². The van der Waals surface area contributed by atoms with E-state index in [1.165, 1.54) is 11.3 Å². The number of carboxylic acid groups (broad SMARTS) is 1. The highest BCUT2D eigenvalue weighted by Gasteiger charge is 2.43. The van der Waals surface area contributed by atoms with Gasteiger partial charge in [-0.3, -0.25) is 9.59 Å². The van der Waals surface area contributed by atoms with Crippen molar-refractivity contribution in [1.82, 2.24) is 4.90 Å². The number of aliphatic carboxylic acids is 1. The first-order valence-electron chi connectivity index (χ1n) is 7.02. The Balaban J connectivity index is 2.54. The summed E-state index contributed by atoms with van der Waals surface area (Å²) in [6.07, 6.45) is 1.59. The number of nitrogens with zero attached hydrogens (tertiary/aromatic N) is 1. The predicted octanol–water partition coefficient (Wildman–Crippen LogP) is 4.06. The molecule has 1 aliphatic heterocycles. The van der Waals surface area contributed by atoms with E-state index in [-0.39, 0.29) is 5.91 Å². The van der Waals surface area contributed by atoms with Gasteiger partial charge in [-0.2, -0.15) is 0 Å². The van der Waals surface area contributed by atoms with Crippen molar-refractivity contribution in [3.8, 4) is 0 Å². The summed E-state index contributed by atoms with van der Waals surface area (Å²) in [5.41, 5.74) is -0.406. The van der Waals surface area contributed by atoms with E-state index in [2.05, 4.69) is 15.9 Å². The summed E-state index contributed by atoms with van der Waals surface area (Å²) in [7, 11) is 0. The SMILES string of the molecule is CC(C)(C)N1C(=O)CCCC(C(=O)O)C1c1ccc(Br)s1. The fourth-order valence-electron chi connectivity index (χ4n) is 2.95. The average molecular weight is 374 g/mol. The minimum atomic E-state index is -0.825. The molecule has 116 valence electrons. The number of carbonyl (C=O) groups is 2. The lowest BCUT2D eigenvalue weighted by Gasteiger charge is -2.42. The van der Waals surface area contributed by atoms with Crippen LogP contribution in [0.1, 0.15) is 51.0 Å². The molecule has 0 saturated carbocycles. The van der Waals surface area contributed by atoms with Crippen molar-refractivity contribution >= 4 is 39.1 Å². The van der Waals surface area contributed by atoms with E-state index in [1.54, 1.807) is 4.90 Å². The van der Waals surface area contributed by atoms with Crippen LogP contribution in [0.15, 0.2) is 15.9 Å². The molecule has 2 heterocycles. The molecule has 2 atom stereocenters. The van der Waals surface area contributed by atoms with E-state index >= 15 is 0 Å². The first-order chi connectivity index (χ1) is 9.71. The Labute approximate surface area is 137 Å². The van der Waals surface area contributed by atoms with Crippen LogP contribution in [0.3, 0.4) is 0 Å². The summed E-state index contributed by atoms with van der Waals surface area (Å²) in [5, 5.41) is 9.63. The molecule has 0 aromatic carbocycles. The molecule has 1 fully saturated rings. The molecule has 1 aliphatic rings. The van der Waals surface area contributed by atoms with Gasteiger partial charge in [0, 0.05) is 16.8 Å². The van der Waals surface area contributed by atoms with Crippen LogP contribution >= 0.6 is 27.3 Å². The summed E-state index contributed by atoms with van der Waals surface area (Å²) in [4.78, 5) is 27.0. The third-order valence-electron chi connectivity index (χ3n) is 3.76. The topological polar surface area (TPSA) is 57.6 Å². The van der Waals surface area contributed by atoms with Gasteiger partial charge in [-0.1, -0.05) is 0 Å². The zero-order valence-corrected chi connectivity index (χ0v) is 14.8. The number of thiophene rings is 1. The second-order valence-electron chi connectivity index (χ2n) is 6.36. The van der Waals surface area contributed by atoms with E-state index in [0.717, 1.165) is 8.66 Å². The molecular formula is C15H20BrNO3S. The molecule has 0 radical (unpaired) electrons. The molecule has 1 saturated heterocycles. The van der Waals surface area contributed by atoms with Crippen LogP contribution in [0.2, 0.25) is 0 Å². The van der Waals surface area contributed by atoms with Crippen molar-refractivity contribution in [1.29, 1.82) is 0 Å². The van der Waals surface area contributed by atoms with Gasteiger partial charge >= 0.3 is 5.97 Å². The summed E-state index contributed by atoms with van der Waals surface area (Å²) in [5.74, 6) is -1.34. The molecule has 0 bridgehead atoms. The third-order valence-corrected chi connectivity index (χ3v) is 5.45. The van der Waals surface area contributed by atoms with Gasteiger partial charge < -0.3 is 10.0 Å². The largest absolute Gasteiger partial charge is 0.481 e. The van der Waals surface area contributed by atoms with Crippen LogP contribution in [0.4, 0.5) is 0 Å². The zero-order chi connectivity index (χ0) is 15.8. The van der Waals surface area contributed by atoms with Crippen molar-refractivity contribution in [2.24, 2.45) is 5.92 Å². The number of carboxylic acids is 1. The number of halogens is 1. The van der Waals surface area contributed by atoms with Crippen LogP contribution in [0.25, 0.3) is 0 Å². The number of rotatable bonds is 2. The Morgan fingerprint density at radius 2 is 2.10 bits per heavy atom. The molecule has 0 aliphatic carbocycles. The van der Waals surface area contributed by atoms with Gasteiger partial charge in [0.25, 0.3) is 0 Å². The highest BCUT2D eigenvalue weighted by atomic mass is 79.9. The van der Waals surface area contributed by atoms with Crippen LogP contribution in [0, 0.1) is 5.92 Å². The van der Waals surface area contributed by atoms with Gasteiger partial charge in [0.05, 0.1) is 15.7 Å². The highest BCUT2D eigenvalue weighted by Crippen LogP contribution is 2.43. The van der Waals surface area contributed by atoms with Crippen LogP contribution < -0.4 is 0 Å². The quantitative estimate of drug-likeness (QED) is 0.849. The Bertz CT molecular complexity index is 549. The predicted molar refractivity (Wildman–Crippen MR) is 86.3 cm³/mol. The molecular weight excluding hydrogens is 354 g/mol.